The molecule has 3 heteroatoms. The molecule has 1 fully saturated rings. The van der Waals surface area contributed by atoms with Gasteiger partial charge in [-0.15, -0.1) is 0 Å². The van der Waals surface area contributed by atoms with E-state index in [4.69, 9.17) is 5.73 Å². The molecule has 1 atom stereocenters. The van der Waals surface area contributed by atoms with Gasteiger partial charge in [-0.2, -0.15) is 11.3 Å². The van der Waals surface area contributed by atoms with Crippen molar-refractivity contribution in [2.45, 2.75) is 31.7 Å². The Morgan fingerprint density at radius 3 is 3.13 bits per heavy atom. The van der Waals surface area contributed by atoms with Crippen LogP contribution in [0.4, 0.5) is 0 Å². The second kappa shape index (κ2) is 5.64. The lowest BCUT2D eigenvalue weighted by atomic mass is 10.0. The zero-order valence-electron chi connectivity index (χ0n) is 9.19. The smallest absolute Gasteiger partial charge is 0.0218 e. The van der Waals surface area contributed by atoms with E-state index in [1.807, 2.05) is 0 Å². The van der Waals surface area contributed by atoms with E-state index in [2.05, 4.69) is 21.7 Å². The fourth-order valence-corrected chi connectivity index (χ4v) is 3.03. The van der Waals surface area contributed by atoms with E-state index in [-0.39, 0.29) is 0 Å². The summed E-state index contributed by atoms with van der Waals surface area (Å²) in [4.78, 5) is 2.57. The van der Waals surface area contributed by atoms with Crippen LogP contribution in [-0.2, 0) is 6.42 Å². The molecule has 1 aliphatic rings. The highest BCUT2D eigenvalue weighted by Crippen LogP contribution is 2.17. The zero-order chi connectivity index (χ0) is 10.5. The van der Waals surface area contributed by atoms with E-state index in [1.165, 1.54) is 44.3 Å². The van der Waals surface area contributed by atoms with Crippen molar-refractivity contribution in [3.8, 4) is 0 Å². The summed E-state index contributed by atoms with van der Waals surface area (Å²) in [7, 11) is 0. The highest BCUT2D eigenvalue weighted by Gasteiger charge is 2.20. The van der Waals surface area contributed by atoms with Crippen molar-refractivity contribution in [1.29, 1.82) is 0 Å². The third kappa shape index (κ3) is 3.03. The molecule has 1 saturated heterocycles. The number of hydrogen-bond acceptors (Lipinski definition) is 3. The SMILES string of the molecule is NCC1CCCCN1CCc1ccsc1. The standard InChI is InChI=1S/C12H20N2S/c13-9-12-3-1-2-6-14(12)7-4-11-5-8-15-10-11/h5,8,10,12H,1-4,6-7,9,13H2. The minimum atomic E-state index is 0.636. The highest BCUT2D eigenvalue weighted by atomic mass is 32.1. The molecule has 0 radical (unpaired) electrons. The van der Waals surface area contributed by atoms with Crippen molar-refractivity contribution in [2.75, 3.05) is 19.6 Å². The maximum atomic E-state index is 5.80. The fraction of sp³-hybridized carbons (Fsp3) is 0.667. The van der Waals surface area contributed by atoms with Crippen LogP contribution >= 0.6 is 11.3 Å². The van der Waals surface area contributed by atoms with Gasteiger partial charge in [0.15, 0.2) is 0 Å². The zero-order valence-corrected chi connectivity index (χ0v) is 10.0. The summed E-state index contributed by atoms with van der Waals surface area (Å²) in [5, 5.41) is 4.41. The van der Waals surface area contributed by atoms with Gasteiger partial charge in [-0.05, 0) is 48.2 Å². The number of thiophene rings is 1. The molecule has 2 rings (SSSR count). The first-order chi connectivity index (χ1) is 7.40. The normalized spacial score (nSPS) is 23.1. The minimum Gasteiger partial charge on any atom is -0.329 e. The van der Waals surface area contributed by atoms with Gasteiger partial charge in [-0.3, -0.25) is 4.90 Å². The quantitative estimate of drug-likeness (QED) is 0.848. The van der Waals surface area contributed by atoms with Crippen LogP contribution in [-0.4, -0.2) is 30.6 Å². The van der Waals surface area contributed by atoms with Gasteiger partial charge in [0.2, 0.25) is 0 Å². The molecule has 1 unspecified atom stereocenters. The molecule has 15 heavy (non-hydrogen) atoms. The molecule has 0 aromatic carbocycles. The van der Waals surface area contributed by atoms with Crippen molar-refractivity contribution >= 4 is 11.3 Å². The number of likely N-dealkylation sites (tertiary alicyclic amines) is 1. The minimum absolute atomic E-state index is 0.636. The molecule has 0 bridgehead atoms. The molecular formula is C12H20N2S. The second-order valence-corrected chi connectivity index (χ2v) is 5.08. The van der Waals surface area contributed by atoms with Crippen LogP contribution in [0.15, 0.2) is 16.8 Å². The first-order valence-corrected chi connectivity index (χ1v) is 6.79. The lowest BCUT2D eigenvalue weighted by Gasteiger charge is -2.34. The predicted octanol–water partition coefficient (Wildman–Crippen LogP) is 2.10. The van der Waals surface area contributed by atoms with E-state index in [0.29, 0.717) is 6.04 Å². The number of hydrogen-bond donors (Lipinski definition) is 1. The van der Waals surface area contributed by atoms with Crippen LogP contribution in [0.5, 0.6) is 0 Å². The molecule has 2 nitrogen and oxygen atoms in total. The average Bonchev–Trinajstić information content (AvgIpc) is 2.79. The van der Waals surface area contributed by atoms with Crippen molar-refractivity contribution in [1.82, 2.24) is 4.90 Å². The van der Waals surface area contributed by atoms with Crippen LogP contribution in [0, 0.1) is 0 Å². The molecule has 2 heterocycles. The maximum absolute atomic E-state index is 5.80. The summed E-state index contributed by atoms with van der Waals surface area (Å²) in [5.41, 5.74) is 7.28. The third-order valence-electron chi connectivity index (χ3n) is 3.29. The lowest BCUT2D eigenvalue weighted by Crippen LogP contribution is -2.44. The Balaban J connectivity index is 1.81. The Labute approximate surface area is 96.1 Å². The van der Waals surface area contributed by atoms with E-state index in [1.54, 1.807) is 11.3 Å². The van der Waals surface area contributed by atoms with Crippen molar-refractivity contribution < 1.29 is 0 Å². The Kier molecular flexibility index (Phi) is 4.18. The molecule has 1 aromatic rings. The Morgan fingerprint density at radius 2 is 2.40 bits per heavy atom. The van der Waals surface area contributed by atoms with Crippen molar-refractivity contribution in [3.05, 3.63) is 22.4 Å². The van der Waals surface area contributed by atoms with Crippen LogP contribution in [0.2, 0.25) is 0 Å². The topological polar surface area (TPSA) is 29.3 Å². The van der Waals surface area contributed by atoms with Crippen LogP contribution in [0.1, 0.15) is 24.8 Å². The summed E-state index contributed by atoms with van der Waals surface area (Å²) >= 11 is 1.79. The molecule has 84 valence electrons. The Hall–Kier alpha value is -0.380. The van der Waals surface area contributed by atoms with E-state index < -0.39 is 0 Å². The number of rotatable bonds is 4. The molecule has 0 saturated carbocycles. The number of nitrogens with zero attached hydrogens (tertiary/aromatic N) is 1. The van der Waals surface area contributed by atoms with E-state index in [0.717, 1.165) is 6.54 Å². The van der Waals surface area contributed by atoms with Gasteiger partial charge >= 0.3 is 0 Å². The van der Waals surface area contributed by atoms with Gasteiger partial charge in [0.05, 0.1) is 0 Å². The monoisotopic (exact) mass is 224 g/mol. The van der Waals surface area contributed by atoms with Crippen molar-refractivity contribution in [2.24, 2.45) is 5.73 Å². The largest absolute Gasteiger partial charge is 0.329 e. The molecule has 0 aliphatic carbocycles. The molecular weight excluding hydrogens is 204 g/mol. The fourth-order valence-electron chi connectivity index (χ4n) is 2.33. The summed E-state index contributed by atoms with van der Waals surface area (Å²) in [6.45, 7) is 3.24. The molecule has 2 N–H and O–H groups in total. The van der Waals surface area contributed by atoms with Gasteiger partial charge in [-0.25, -0.2) is 0 Å². The summed E-state index contributed by atoms with van der Waals surface area (Å²) in [5.74, 6) is 0. The number of nitrogens with two attached hydrogens (primary N) is 1. The second-order valence-electron chi connectivity index (χ2n) is 4.30. The molecule has 1 aliphatic heterocycles. The van der Waals surface area contributed by atoms with Crippen molar-refractivity contribution in [3.63, 3.8) is 0 Å². The van der Waals surface area contributed by atoms with Crippen LogP contribution < -0.4 is 5.73 Å². The Bertz CT molecular complexity index is 271. The third-order valence-corrected chi connectivity index (χ3v) is 4.02. The molecule has 0 spiro atoms. The van der Waals surface area contributed by atoms with E-state index >= 15 is 0 Å². The summed E-state index contributed by atoms with van der Waals surface area (Å²) < 4.78 is 0. The predicted molar refractivity (Wildman–Crippen MR) is 66.3 cm³/mol. The summed E-state index contributed by atoms with van der Waals surface area (Å²) in [6, 6.07) is 2.86. The van der Waals surface area contributed by atoms with Gasteiger partial charge in [0.1, 0.15) is 0 Å². The number of piperidine rings is 1. The van der Waals surface area contributed by atoms with E-state index in [9.17, 15) is 0 Å². The Morgan fingerprint density at radius 1 is 1.47 bits per heavy atom. The van der Waals surface area contributed by atoms with Gasteiger partial charge < -0.3 is 5.73 Å². The van der Waals surface area contributed by atoms with Crippen LogP contribution in [0.3, 0.4) is 0 Å². The van der Waals surface area contributed by atoms with Gasteiger partial charge in [0, 0.05) is 19.1 Å². The summed E-state index contributed by atoms with van der Waals surface area (Å²) in [6.07, 6.45) is 5.18. The van der Waals surface area contributed by atoms with Gasteiger partial charge in [0.25, 0.3) is 0 Å². The maximum Gasteiger partial charge on any atom is 0.0218 e. The first-order valence-electron chi connectivity index (χ1n) is 5.85. The lowest BCUT2D eigenvalue weighted by molar-refractivity contribution is 0.155. The molecule has 0 amide bonds. The first kappa shape index (κ1) is 11.1. The average molecular weight is 224 g/mol. The highest BCUT2D eigenvalue weighted by molar-refractivity contribution is 7.07. The van der Waals surface area contributed by atoms with Crippen LogP contribution in [0.25, 0.3) is 0 Å². The molecule has 1 aromatic heterocycles. The van der Waals surface area contributed by atoms with Gasteiger partial charge in [-0.1, -0.05) is 6.42 Å².